The zero-order valence-electron chi connectivity index (χ0n) is 15.0. The number of anilines is 1. The van der Waals surface area contributed by atoms with Crippen molar-refractivity contribution in [1.82, 2.24) is 5.32 Å². The molecule has 0 bridgehead atoms. The van der Waals surface area contributed by atoms with Crippen LogP contribution < -0.4 is 14.4 Å². The van der Waals surface area contributed by atoms with Gasteiger partial charge >= 0.3 is 0 Å². The molecule has 0 spiro atoms. The van der Waals surface area contributed by atoms with E-state index in [0.717, 1.165) is 16.1 Å². The number of sulfonamides is 1. The smallest absolute Gasteiger partial charge is 0.253 e. The normalized spacial score (nSPS) is 12.3. The summed E-state index contributed by atoms with van der Waals surface area (Å²) in [4.78, 5) is 12.6. The second-order valence-corrected chi connectivity index (χ2v) is 8.25. The molecule has 0 heterocycles. The van der Waals surface area contributed by atoms with Crippen molar-refractivity contribution in [2.75, 3.05) is 24.7 Å². The van der Waals surface area contributed by atoms with Gasteiger partial charge in [0, 0.05) is 12.6 Å². The fourth-order valence-corrected chi connectivity index (χ4v) is 3.21. The fourth-order valence-electron chi connectivity index (χ4n) is 2.45. The number of nitrogens with one attached hydrogen (secondary N) is 1. The van der Waals surface area contributed by atoms with E-state index in [4.69, 9.17) is 16.3 Å². The topological polar surface area (TPSA) is 75.7 Å². The van der Waals surface area contributed by atoms with Gasteiger partial charge in [0.1, 0.15) is 5.75 Å². The summed E-state index contributed by atoms with van der Waals surface area (Å²) in [5, 5.41) is 3.04. The molecule has 140 valence electrons. The van der Waals surface area contributed by atoms with Crippen LogP contribution >= 0.6 is 11.6 Å². The molecule has 8 heteroatoms. The monoisotopic (exact) mass is 396 g/mol. The molecule has 0 aliphatic carbocycles. The lowest BCUT2D eigenvalue weighted by molar-refractivity contribution is 0.0939. The highest BCUT2D eigenvalue weighted by Gasteiger charge is 2.19. The zero-order valence-corrected chi connectivity index (χ0v) is 16.6. The Labute approximate surface area is 158 Å². The third kappa shape index (κ3) is 4.47. The average Bonchev–Trinajstić information content (AvgIpc) is 2.59. The van der Waals surface area contributed by atoms with Crippen molar-refractivity contribution in [3.63, 3.8) is 0 Å². The summed E-state index contributed by atoms with van der Waals surface area (Å²) in [6.07, 6.45) is 1.09. The highest BCUT2D eigenvalue weighted by Crippen LogP contribution is 2.27. The Bertz CT molecular complexity index is 915. The van der Waals surface area contributed by atoms with Crippen LogP contribution in [-0.4, -0.2) is 34.7 Å². The Morgan fingerprint density at radius 3 is 2.46 bits per heavy atom. The van der Waals surface area contributed by atoms with Crippen LogP contribution in [0.2, 0.25) is 5.02 Å². The predicted molar refractivity (Wildman–Crippen MR) is 104 cm³/mol. The Hall–Kier alpha value is -2.25. The Morgan fingerprint density at radius 1 is 1.23 bits per heavy atom. The van der Waals surface area contributed by atoms with Gasteiger partial charge in [0.05, 0.1) is 35.7 Å². The van der Waals surface area contributed by atoms with Crippen LogP contribution in [0.4, 0.5) is 5.69 Å². The van der Waals surface area contributed by atoms with Crippen molar-refractivity contribution in [1.29, 1.82) is 0 Å². The SMILES string of the molecule is COc1ccccc1C(C)NC(=O)c1ccc(N(C)S(C)(=O)=O)cc1Cl. The standard InChI is InChI=1S/C18H21ClN2O4S/c1-12(14-7-5-6-8-17(14)25-3)20-18(22)15-10-9-13(11-16(15)19)21(2)26(4,23)24/h5-12H,1-4H3,(H,20,22). The lowest BCUT2D eigenvalue weighted by Gasteiger charge is -2.19. The van der Waals surface area contributed by atoms with Crippen LogP contribution in [0.15, 0.2) is 42.5 Å². The number of ether oxygens (including phenoxy) is 1. The molecule has 1 atom stereocenters. The highest BCUT2D eigenvalue weighted by atomic mass is 35.5. The molecule has 2 rings (SSSR count). The summed E-state index contributed by atoms with van der Waals surface area (Å²) < 4.78 is 29.6. The molecule has 0 aliphatic rings. The predicted octanol–water partition coefficient (Wildman–Crippen LogP) is 3.24. The summed E-state index contributed by atoms with van der Waals surface area (Å²) in [5.41, 5.74) is 1.48. The van der Waals surface area contributed by atoms with Crippen molar-refractivity contribution < 1.29 is 17.9 Å². The molecule has 2 aromatic carbocycles. The number of para-hydroxylation sites is 1. The number of rotatable bonds is 6. The van der Waals surface area contributed by atoms with Crippen molar-refractivity contribution in [2.24, 2.45) is 0 Å². The van der Waals surface area contributed by atoms with E-state index in [1.54, 1.807) is 7.11 Å². The molecular weight excluding hydrogens is 376 g/mol. The Morgan fingerprint density at radius 2 is 1.88 bits per heavy atom. The molecule has 1 unspecified atom stereocenters. The first-order chi connectivity index (χ1) is 12.1. The van der Waals surface area contributed by atoms with Gasteiger partial charge in [0.25, 0.3) is 5.91 Å². The van der Waals surface area contributed by atoms with E-state index in [2.05, 4.69) is 5.32 Å². The molecular formula is C18H21ClN2O4S. The molecule has 1 N–H and O–H groups in total. The molecule has 1 amide bonds. The second-order valence-electron chi connectivity index (χ2n) is 5.83. The largest absolute Gasteiger partial charge is 0.496 e. The van der Waals surface area contributed by atoms with Gasteiger partial charge in [0.15, 0.2) is 0 Å². The third-order valence-corrected chi connectivity index (χ3v) is 5.53. The van der Waals surface area contributed by atoms with E-state index < -0.39 is 10.0 Å². The van der Waals surface area contributed by atoms with Crippen molar-refractivity contribution in [3.05, 3.63) is 58.6 Å². The number of amides is 1. The van der Waals surface area contributed by atoms with Gasteiger partial charge in [-0.15, -0.1) is 0 Å². The molecule has 0 saturated heterocycles. The van der Waals surface area contributed by atoms with E-state index in [0.29, 0.717) is 11.4 Å². The fraction of sp³-hybridized carbons (Fsp3) is 0.278. The summed E-state index contributed by atoms with van der Waals surface area (Å²) in [5.74, 6) is 0.318. The van der Waals surface area contributed by atoms with Crippen LogP contribution in [0.3, 0.4) is 0 Å². The van der Waals surface area contributed by atoms with Crippen LogP contribution in [0.25, 0.3) is 0 Å². The lowest BCUT2D eigenvalue weighted by atomic mass is 10.1. The number of carbonyl (C=O) groups is 1. The quantitative estimate of drug-likeness (QED) is 0.813. The van der Waals surface area contributed by atoms with E-state index >= 15 is 0 Å². The van der Waals surface area contributed by atoms with Crippen LogP contribution in [-0.2, 0) is 10.0 Å². The highest BCUT2D eigenvalue weighted by molar-refractivity contribution is 7.92. The molecule has 0 aromatic heterocycles. The minimum absolute atomic E-state index is 0.169. The van der Waals surface area contributed by atoms with Crippen molar-refractivity contribution in [2.45, 2.75) is 13.0 Å². The number of methoxy groups -OCH3 is 1. The van der Waals surface area contributed by atoms with Gasteiger partial charge in [-0.3, -0.25) is 9.10 Å². The van der Waals surface area contributed by atoms with Gasteiger partial charge in [-0.1, -0.05) is 29.8 Å². The lowest BCUT2D eigenvalue weighted by Crippen LogP contribution is -2.28. The van der Waals surface area contributed by atoms with Gasteiger partial charge in [-0.25, -0.2) is 8.42 Å². The number of halogens is 1. The van der Waals surface area contributed by atoms with E-state index in [9.17, 15) is 13.2 Å². The molecule has 26 heavy (non-hydrogen) atoms. The van der Waals surface area contributed by atoms with Crippen LogP contribution in [0.5, 0.6) is 5.75 Å². The van der Waals surface area contributed by atoms with E-state index in [-0.39, 0.29) is 22.5 Å². The maximum Gasteiger partial charge on any atom is 0.253 e. The summed E-state index contributed by atoms with van der Waals surface area (Å²) in [7, 11) is -0.416. The maximum absolute atomic E-state index is 12.6. The number of hydrogen-bond donors (Lipinski definition) is 1. The number of benzene rings is 2. The Balaban J connectivity index is 2.22. The molecule has 0 radical (unpaired) electrons. The summed E-state index contributed by atoms with van der Waals surface area (Å²) >= 11 is 6.20. The Kier molecular flexibility index (Phi) is 6.15. The molecule has 6 nitrogen and oxygen atoms in total. The van der Waals surface area contributed by atoms with Crippen LogP contribution in [0, 0.1) is 0 Å². The second kappa shape index (κ2) is 7.97. The van der Waals surface area contributed by atoms with Crippen LogP contribution in [0.1, 0.15) is 28.9 Å². The first kappa shape index (κ1) is 20.1. The van der Waals surface area contributed by atoms with E-state index in [1.807, 2.05) is 31.2 Å². The average molecular weight is 397 g/mol. The van der Waals surface area contributed by atoms with Crippen molar-refractivity contribution >= 4 is 33.2 Å². The summed E-state index contributed by atoms with van der Waals surface area (Å²) in [6, 6.07) is 11.6. The minimum atomic E-state index is -3.41. The maximum atomic E-state index is 12.6. The van der Waals surface area contributed by atoms with Gasteiger partial charge in [-0.2, -0.15) is 0 Å². The molecule has 0 saturated carbocycles. The van der Waals surface area contributed by atoms with E-state index in [1.165, 1.54) is 25.2 Å². The molecule has 2 aromatic rings. The summed E-state index contributed by atoms with van der Waals surface area (Å²) in [6.45, 7) is 1.84. The third-order valence-electron chi connectivity index (χ3n) is 4.01. The minimum Gasteiger partial charge on any atom is -0.496 e. The van der Waals surface area contributed by atoms with Gasteiger partial charge in [0.2, 0.25) is 10.0 Å². The number of hydrogen-bond acceptors (Lipinski definition) is 4. The molecule has 0 aliphatic heterocycles. The molecule has 0 fully saturated rings. The number of nitrogens with zero attached hydrogens (tertiary/aromatic N) is 1. The zero-order chi connectivity index (χ0) is 19.5. The number of carbonyl (C=O) groups excluding carboxylic acids is 1. The first-order valence-electron chi connectivity index (χ1n) is 7.82. The first-order valence-corrected chi connectivity index (χ1v) is 10.0. The van der Waals surface area contributed by atoms with Crippen molar-refractivity contribution in [3.8, 4) is 5.75 Å². The van der Waals surface area contributed by atoms with Gasteiger partial charge in [-0.05, 0) is 31.2 Å². The van der Waals surface area contributed by atoms with Gasteiger partial charge < -0.3 is 10.1 Å².